The number of pyridine rings is 1. The number of nitrogens with two attached hydrogens (primary N) is 1. The van der Waals surface area contributed by atoms with Crippen molar-refractivity contribution in [1.82, 2.24) is 4.98 Å². The summed E-state index contributed by atoms with van der Waals surface area (Å²) in [6.07, 6.45) is 3.41. The lowest BCUT2D eigenvalue weighted by molar-refractivity contribution is 0.414. The van der Waals surface area contributed by atoms with Gasteiger partial charge in [0.25, 0.3) is 0 Å². The Kier molecular flexibility index (Phi) is 3.31. The number of halogens is 1. The van der Waals surface area contributed by atoms with Crippen molar-refractivity contribution in [3.63, 3.8) is 0 Å². The fourth-order valence-corrected chi connectivity index (χ4v) is 2.17. The summed E-state index contributed by atoms with van der Waals surface area (Å²) in [5, 5.41) is 4.82. The van der Waals surface area contributed by atoms with Crippen LogP contribution >= 0.6 is 0 Å². The van der Waals surface area contributed by atoms with E-state index >= 15 is 0 Å². The highest BCUT2D eigenvalue weighted by molar-refractivity contribution is 5.99. The van der Waals surface area contributed by atoms with Crippen LogP contribution in [-0.2, 0) is 0 Å². The summed E-state index contributed by atoms with van der Waals surface area (Å²) in [7, 11) is 1.54. The first-order valence-corrected chi connectivity index (χ1v) is 6.42. The molecule has 0 atom stereocenters. The molecule has 0 aliphatic carbocycles. The van der Waals surface area contributed by atoms with Gasteiger partial charge in [-0.1, -0.05) is 6.07 Å². The number of anilines is 3. The Morgan fingerprint density at radius 3 is 2.81 bits per heavy atom. The Morgan fingerprint density at radius 1 is 1.14 bits per heavy atom. The van der Waals surface area contributed by atoms with Crippen LogP contribution in [0.5, 0.6) is 5.75 Å². The average molecular weight is 283 g/mol. The van der Waals surface area contributed by atoms with Gasteiger partial charge in [0, 0.05) is 29.2 Å². The van der Waals surface area contributed by atoms with Gasteiger partial charge in [-0.3, -0.25) is 4.98 Å². The Balaban J connectivity index is 2.04. The van der Waals surface area contributed by atoms with Gasteiger partial charge in [-0.25, -0.2) is 4.39 Å². The zero-order chi connectivity index (χ0) is 14.8. The largest absolute Gasteiger partial charge is 0.497 e. The highest BCUT2D eigenvalue weighted by Crippen LogP contribution is 2.32. The number of rotatable bonds is 3. The maximum absolute atomic E-state index is 13.9. The van der Waals surface area contributed by atoms with Crippen LogP contribution in [0.3, 0.4) is 0 Å². The minimum Gasteiger partial charge on any atom is -0.497 e. The Bertz CT molecular complexity index is 805. The lowest BCUT2D eigenvalue weighted by Crippen LogP contribution is -1.99. The first-order chi connectivity index (χ1) is 10.2. The van der Waals surface area contributed by atoms with Crippen LogP contribution < -0.4 is 15.8 Å². The Hall–Kier alpha value is -2.82. The van der Waals surface area contributed by atoms with Crippen LogP contribution in [0.1, 0.15) is 0 Å². The molecule has 106 valence electrons. The summed E-state index contributed by atoms with van der Waals surface area (Å²) in [4.78, 5) is 4.05. The molecule has 1 aromatic heterocycles. The van der Waals surface area contributed by atoms with Gasteiger partial charge < -0.3 is 15.8 Å². The number of methoxy groups -OCH3 is 1. The molecule has 0 saturated carbocycles. The molecule has 0 saturated heterocycles. The van der Waals surface area contributed by atoms with E-state index in [0.717, 1.165) is 10.8 Å². The third kappa shape index (κ3) is 2.45. The molecule has 2 aromatic carbocycles. The summed E-state index contributed by atoms with van der Waals surface area (Å²) in [6.45, 7) is 0. The van der Waals surface area contributed by atoms with Gasteiger partial charge in [0.1, 0.15) is 11.6 Å². The van der Waals surface area contributed by atoms with E-state index in [9.17, 15) is 4.39 Å². The molecule has 5 heteroatoms. The molecular weight excluding hydrogens is 269 g/mol. The SMILES string of the molecule is COc1ccc(F)c(Nc2ccc3cnccc3c2N)c1. The van der Waals surface area contributed by atoms with Crippen molar-refractivity contribution in [3.8, 4) is 5.75 Å². The molecule has 21 heavy (non-hydrogen) atoms. The summed E-state index contributed by atoms with van der Waals surface area (Å²) >= 11 is 0. The number of benzene rings is 2. The molecule has 0 amide bonds. The van der Waals surface area contributed by atoms with Crippen molar-refractivity contribution < 1.29 is 9.13 Å². The number of nitrogen functional groups attached to an aromatic ring is 1. The molecule has 0 spiro atoms. The van der Waals surface area contributed by atoms with E-state index in [4.69, 9.17) is 10.5 Å². The van der Waals surface area contributed by atoms with Crippen LogP contribution in [0, 0.1) is 5.82 Å². The molecule has 0 aliphatic rings. The average Bonchev–Trinajstić information content (AvgIpc) is 2.52. The molecule has 0 bridgehead atoms. The third-order valence-electron chi connectivity index (χ3n) is 3.30. The first-order valence-electron chi connectivity index (χ1n) is 6.42. The summed E-state index contributed by atoms with van der Waals surface area (Å²) in [6, 6.07) is 10.0. The van der Waals surface area contributed by atoms with Gasteiger partial charge in [0.05, 0.1) is 24.2 Å². The molecule has 3 aromatic rings. The fraction of sp³-hybridized carbons (Fsp3) is 0.0625. The summed E-state index contributed by atoms with van der Waals surface area (Å²) in [5.41, 5.74) is 7.65. The van der Waals surface area contributed by atoms with Crippen molar-refractivity contribution >= 4 is 27.8 Å². The Morgan fingerprint density at radius 2 is 2.00 bits per heavy atom. The summed E-state index contributed by atoms with van der Waals surface area (Å²) in [5.74, 6) is 0.201. The zero-order valence-corrected chi connectivity index (χ0v) is 11.4. The maximum Gasteiger partial charge on any atom is 0.146 e. The molecule has 1 heterocycles. The van der Waals surface area contributed by atoms with Crippen LogP contribution in [-0.4, -0.2) is 12.1 Å². The van der Waals surface area contributed by atoms with Crippen molar-refractivity contribution in [2.45, 2.75) is 0 Å². The van der Waals surface area contributed by atoms with E-state index in [1.165, 1.54) is 13.2 Å². The van der Waals surface area contributed by atoms with Crippen molar-refractivity contribution in [3.05, 3.63) is 54.6 Å². The topological polar surface area (TPSA) is 60.2 Å². The first kappa shape index (κ1) is 13.2. The van der Waals surface area contributed by atoms with Crippen molar-refractivity contribution in [2.24, 2.45) is 0 Å². The van der Waals surface area contributed by atoms with E-state index in [0.29, 0.717) is 22.8 Å². The maximum atomic E-state index is 13.9. The van der Waals surface area contributed by atoms with Gasteiger partial charge >= 0.3 is 0 Å². The van der Waals surface area contributed by atoms with Gasteiger partial charge in [0.2, 0.25) is 0 Å². The van der Waals surface area contributed by atoms with E-state index in [1.807, 2.05) is 12.1 Å². The van der Waals surface area contributed by atoms with Crippen LogP contribution in [0.4, 0.5) is 21.5 Å². The van der Waals surface area contributed by atoms with Gasteiger partial charge in [0.15, 0.2) is 0 Å². The second-order valence-corrected chi connectivity index (χ2v) is 4.59. The molecule has 3 rings (SSSR count). The number of aromatic nitrogens is 1. The minimum atomic E-state index is -0.370. The number of fused-ring (bicyclic) bond motifs is 1. The minimum absolute atomic E-state index is 0.314. The lowest BCUT2D eigenvalue weighted by atomic mass is 10.1. The number of nitrogens with zero attached hydrogens (tertiary/aromatic N) is 1. The van der Waals surface area contributed by atoms with E-state index < -0.39 is 0 Å². The molecule has 3 N–H and O–H groups in total. The molecular formula is C16H14FN3O. The summed E-state index contributed by atoms with van der Waals surface area (Å²) < 4.78 is 19.0. The van der Waals surface area contributed by atoms with Crippen molar-refractivity contribution in [1.29, 1.82) is 0 Å². The molecule has 0 radical (unpaired) electrons. The highest BCUT2D eigenvalue weighted by Gasteiger charge is 2.08. The van der Waals surface area contributed by atoms with Gasteiger partial charge in [-0.2, -0.15) is 0 Å². The zero-order valence-electron chi connectivity index (χ0n) is 11.4. The Labute approximate surface area is 121 Å². The highest BCUT2D eigenvalue weighted by atomic mass is 19.1. The number of nitrogens with one attached hydrogen (secondary N) is 1. The number of ether oxygens (including phenoxy) is 1. The monoisotopic (exact) mass is 283 g/mol. The predicted octanol–water partition coefficient (Wildman–Crippen LogP) is 3.71. The normalized spacial score (nSPS) is 10.6. The number of hydrogen-bond acceptors (Lipinski definition) is 4. The van der Waals surface area contributed by atoms with Crippen LogP contribution in [0.2, 0.25) is 0 Å². The van der Waals surface area contributed by atoms with E-state index in [2.05, 4.69) is 10.3 Å². The van der Waals surface area contributed by atoms with Crippen LogP contribution in [0.15, 0.2) is 48.8 Å². The quantitative estimate of drug-likeness (QED) is 0.719. The molecule has 4 nitrogen and oxygen atoms in total. The fourth-order valence-electron chi connectivity index (χ4n) is 2.17. The van der Waals surface area contributed by atoms with Gasteiger partial charge in [-0.05, 0) is 24.3 Å². The smallest absolute Gasteiger partial charge is 0.146 e. The molecule has 0 fully saturated rings. The predicted molar refractivity (Wildman–Crippen MR) is 82.4 cm³/mol. The number of hydrogen-bond donors (Lipinski definition) is 2. The second kappa shape index (κ2) is 5.28. The van der Waals surface area contributed by atoms with Crippen LogP contribution in [0.25, 0.3) is 10.8 Å². The molecule has 0 unspecified atom stereocenters. The van der Waals surface area contributed by atoms with Gasteiger partial charge in [-0.15, -0.1) is 0 Å². The van der Waals surface area contributed by atoms with E-state index in [1.54, 1.807) is 30.6 Å². The third-order valence-corrected chi connectivity index (χ3v) is 3.30. The lowest BCUT2D eigenvalue weighted by Gasteiger charge is -2.13. The standard InChI is InChI=1S/C16H14FN3O/c1-21-11-3-4-13(17)15(8-11)20-14-5-2-10-9-19-7-6-12(10)16(14)18/h2-9,20H,18H2,1H3. The second-order valence-electron chi connectivity index (χ2n) is 4.59. The molecule has 0 aliphatic heterocycles. The van der Waals surface area contributed by atoms with Crippen molar-refractivity contribution in [2.75, 3.05) is 18.2 Å². The van der Waals surface area contributed by atoms with E-state index in [-0.39, 0.29) is 5.82 Å².